The van der Waals surface area contributed by atoms with Crippen molar-refractivity contribution in [2.75, 3.05) is 10.8 Å². The van der Waals surface area contributed by atoms with Crippen molar-refractivity contribution in [1.82, 2.24) is 15.0 Å². The van der Waals surface area contributed by atoms with E-state index in [1.807, 2.05) is 36.6 Å². The van der Waals surface area contributed by atoms with E-state index in [2.05, 4.69) is 15.5 Å². The molecule has 0 radical (unpaired) electrons. The third-order valence-electron chi connectivity index (χ3n) is 5.56. The molecule has 4 rings (SSSR count). The standard InChI is InChI=1S/C26H23Cl2N5O3S/c1-18-15-20(19(2)33(18)23-12-8-11-22(27)26(23)28)16-30-31-25(34)17-32(24-13-6-7-14-29-24)37(35,36)21-9-4-3-5-10-21/h3-16H,17H2,1-2H3,(H,31,34)/b30-16+. The van der Waals surface area contributed by atoms with Crippen LogP contribution >= 0.6 is 23.2 Å². The van der Waals surface area contributed by atoms with Gasteiger partial charge in [-0.05, 0) is 56.3 Å². The average Bonchev–Trinajstić information content (AvgIpc) is 3.17. The zero-order valence-corrected chi connectivity index (χ0v) is 22.3. The number of hydrazone groups is 1. The first-order valence-corrected chi connectivity index (χ1v) is 13.3. The van der Waals surface area contributed by atoms with Crippen LogP contribution in [-0.2, 0) is 14.8 Å². The molecule has 1 N–H and O–H groups in total. The van der Waals surface area contributed by atoms with Gasteiger partial charge in [0.25, 0.3) is 15.9 Å². The molecule has 4 aromatic rings. The number of benzene rings is 2. The van der Waals surface area contributed by atoms with Crippen LogP contribution in [0.3, 0.4) is 0 Å². The summed E-state index contributed by atoms with van der Waals surface area (Å²) >= 11 is 12.6. The third-order valence-corrected chi connectivity index (χ3v) is 8.13. The highest BCUT2D eigenvalue weighted by molar-refractivity contribution is 7.92. The second kappa shape index (κ2) is 11.2. The van der Waals surface area contributed by atoms with Crippen LogP contribution in [0.25, 0.3) is 5.69 Å². The number of nitrogens with one attached hydrogen (secondary N) is 1. The number of rotatable bonds is 8. The Hall–Kier alpha value is -3.66. The average molecular weight is 556 g/mol. The molecule has 0 bridgehead atoms. The van der Waals surface area contributed by atoms with Gasteiger partial charge >= 0.3 is 0 Å². The van der Waals surface area contributed by atoms with Gasteiger partial charge in [0.05, 0.1) is 26.8 Å². The molecule has 2 aromatic heterocycles. The highest BCUT2D eigenvalue weighted by Crippen LogP contribution is 2.31. The maximum atomic E-state index is 13.3. The molecule has 1 amide bonds. The topological polar surface area (TPSA) is 96.7 Å². The summed E-state index contributed by atoms with van der Waals surface area (Å²) in [6.45, 7) is 3.30. The van der Waals surface area contributed by atoms with Gasteiger partial charge in [-0.15, -0.1) is 0 Å². The first kappa shape index (κ1) is 26.4. The zero-order chi connectivity index (χ0) is 26.6. The Morgan fingerprint density at radius 3 is 2.49 bits per heavy atom. The van der Waals surface area contributed by atoms with E-state index in [0.717, 1.165) is 26.9 Å². The molecule has 0 aliphatic rings. The van der Waals surface area contributed by atoms with Crippen LogP contribution in [0, 0.1) is 13.8 Å². The van der Waals surface area contributed by atoms with Crippen LogP contribution in [0.5, 0.6) is 0 Å². The van der Waals surface area contributed by atoms with Crippen molar-refractivity contribution in [1.29, 1.82) is 0 Å². The van der Waals surface area contributed by atoms with Gasteiger partial charge in [0.15, 0.2) is 0 Å². The highest BCUT2D eigenvalue weighted by atomic mass is 35.5. The lowest BCUT2D eigenvalue weighted by molar-refractivity contribution is -0.119. The molecular formula is C26H23Cl2N5O3S. The molecule has 0 aliphatic heterocycles. The minimum Gasteiger partial charge on any atom is -0.316 e. The second-order valence-electron chi connectivity index (χ2n) is 8.04. The fraction of sp³-hybridized carbons (Fsp3) is 0.115. The van der Waals surface area contributed by atoms with Crippen molar-refractivity contribution in [3.05, 3.63) is 106 Å². The predicted molar refractivity (Wildman–Crippen MR) is 146 cm³/mol. The van der Waals surface area contributed by atoms with E-state index in [-0.39, 0.29) is 10.7 Å². The lowest BCUT2D eigenvalue weighted by atomic mass is 10.2. The number of anilines is 1. The normalized spacial score (nSPS) is 11.6. The summed E-state index contributed by atoms with van der Waals surface area (Å²) in [6.07, 6.45) is 2.95. The number of amides is 1. The van der Waals surface area contributed by atoms with E-state index in [0.29, 0.717) is 10.0 Å². The van der Waals surface area contributed by atoms with Gasteiger partial charge in [0.1, 0.15) is 12.4 Å². The van der Waals surface area contributed by atoms with Gasteiger partial charge in [0.2, 0.25) is 0 Å². The number of halogens is 2. The molecule has 0 saturated heterocycles. The Balaban J connectivity index is 1.54. The Morgan fingerprint density at radius 2 is 1.78 bits per heavy atom. The summed E-state index contributed by atoms with van der Waals surface area (Å²) in [6, 6.07) is 20.0. The Morgan fingerprint density at radius 1 is 1.05 bits per heavy atom. The monoisotopic (exact) mass is 555 g/mol. The molecule has 2 aromatic carbocycles. The lowest BCUT2D eigenvalue weighted by Crippen LogP contribution is -2.40. The van der Waals surface area contributed by atoms with E-state index in [1.54, 1.807) is 36.4 Å². The molecule has 190 valence electrons. The van der Waals surface area contributed by atoms with Crippen LogP contribution in [0.2, 0.25) is 10.0 Å². The van der Waals surface area contributed by atoms with Crippen molar-refractivity contribution < 1.29 is 13.2 Å². The van der Waals surface area contributed by atoms with E-state index < -0.39 is 22.5 Å². The molecule has 11 heteroatoms. The number of sulfonamides is 1. The number of aryl methyl sites for hydroxylation is 1. The van der Waals surface area contributed by atoms with Crippen LogP contribution < -0.4 is 9.73 Å². The van der Waals surface area contributed by atoms with E-state index in [9.17, 15) is 13.2 Å². The first-order valence-electron chi connectivity index (χ1n) is 11.1. The van der Waals surface area contributed by atoms with Crippen molar-refractivity contribution in [2.24, 2.45) is 5.10 Å². The smallest absolute Gasteiger partial charge is 0.265 e. The Bertz CT molecular complexity index is 1560. The number of aromatic nitrogens is 2. The largest absolute Gasteiger partial charge is 0.316 e. The third kappa shape index (κ3) is 5.69. The predicted octanol–water partition coefficient (Wildman–Crippen LogP) is 5.14. The molecule has 2 heterocycles. The quantitative estimate of drug-likeness (QED) is 0.240. The summed E-state index contributed by atoms with van der Waals surface area (Å²) in [5.74, 6) is -0.513. The van der Waals surface area contributed by atoms with Gasteiger partial charge in [-0.3, -0.25) is 4.79 Å². The molecule has 0 saturated carbocycles. The lowest BCUT2D eigenvalue weighted by Gasteiger charge is -2.22. The molecule has 0 unspecified atom stereocenters. The van der Waals surface area contributed by atoms with Gasteiger partial charge in [0, 0.05) is 23.1 Å². The fourth-order valence-electron chi connectivity index (χ4n) is 3.80. The summed E-state index contributed by atoms with van der Waals surface area (Å²) in [5.41, 5.74) is 5.61. The van der Waals surface area contributed by atoms with Crippen LogP contribution in [0.4, 0.5) is 5.82 Å². The van der Waals surface area contributed by atoms with Crippen LogP contribution in [0.15, 0.2) is 89.0 Å². The molecular weight excluding hydrogens is 533 g/mol. The molecule has 37 heavy (non-hydrogen) atoms. The minimum atomic E-state index is -4.04. The second-order valence-corrected chi connectivity index (χ2v) is 10.7. The molecule has 0 fully saturated rings. The van der Waals surface area contributed by atoms with Crippen LogP contribution in [-0.4, -0.2) is 36.6 Å². The Labute approximate surface area is 225 Å². The number of hydrogen-bond acceptors (Lipinski definition) is 5. The van der Waals surface area contributed by atoms with Gasteiger partial charge < -0.3 is 4.57 Å². The molecule has 0 aliphatic carbocycles. The van der Waals surface area contributed by atoms with Crippen molar-refractivity contribution in [2.45, 2.75) is 18.7 Å². The fourth-order valence-corrected chi connectivity index (χ4v) is 5.58. The summed E-state index contributed by atoms with van der Waals surface area (Å²) in [4.78, 5) is 16.9. The number of nitrogens with zero attached hydrogens (tertiary/aromatic N) is 4. The summed E-state index contributed by atoms with van der Waals surface area (Å²) in [5, 5.41) is 4.92. The first-order chi connectivity index (χ1) is 17.7. The zero-order valence-electron chi connectivity index (χ0n) is 20.0. The van der Waals surface area contributed by atoms with Crippen molar-refractivity contribution in [3.8, 4) is 5.69 Å². The number of carbonyl (C=O) groups is 1. The molecule has 8 nitrogen and oxygen atoms in total. The van der Waals surface area contributed by atoms with Gasteiger partial charge in [-0.25, -0.2) is 23.1 Å². The van der Waals surface area contributed by atoms with E-state index >= 15 is 0 Å². The highest BCUT2D eigenvalue weighted by Gasteiger charge is 2.27. The number of carbonyl (C=O) groups excluding carboxylic acids is 1. The van der Waals surface area contributed by atoms with E-state index in [1.165, 1.54) is 30.6 Å². The molecule has 0 spiro atoms. The molecule has 0 atom stereocenters. The van der Waals surface area contributed by atoms with Gasteiger partial charge in [-0.1, -0.05) is 53.5 Å². The SMILES string of the molecule is Cc1cc(/C=N/NC(=O)CN(c2ccccn2)S(=O)(=O)c2ccccc2)c(C)n1-c1cccc(Cl)c1Cl. The van der Waals surface area contributed by atoms with Crippen molar-refractivity contribution >= 4 is 51.2 Å². The summed E-state index contributed by atoms with van der Waals surface area (Å²) < 4.78 is 29.4. The maximum Gasteiger partial charge on any atom is 0.265 e. The number of hydrogen-bond donors (Lipinski definition) is 1. The number of pyridine rings is 1. The maximum absolute atomic E-state index is 13.3. The van der Waals surface area contributed by atoms with Crippen molar-refractivity contribution in [3.63, 3.8) is 0 Å². The van der Waals surface area contributed by atoms with Gasteiger partial charge in [-0.2, -0.15) is 5.10 Å². The summed E-state index contributed by atoms with van der Waals surface area (Å²) in [7, 11) is -4.04. The van der Waals surface area contributed by atoms with Crippen LogP contribution in [0.1, 0.15) is 17.0 Å². The Kier molecular flexibility index (Phi) is 7.97. The minimum absolute atomic E-state index is 0.0454. The van der Waals surface area contributed by atoms with E-state index in [4.69, 9.17) is 23.2 Å².